The van der Waals surface area contributed by atoms with E-state index in [0.717, 1.165) is 5.56 Å². The first-order valence-electron chi connectivity index (χ1n) is 8.03. The van der Waals surface area contributed by atoms with Crippen molar-refractivity contribution in [1.82, 2.24) is 4.57 Å². The highest BCUT2D eigenvalue weighted by molar-refractivity contribution is 5.81. The van der Waals surface area contributed by atoms with Crippen LogP contribution in [-0.4, -0.2) is 37.8 Å². The summed E-state index contributed by atoms with van der Waals surface area (Å²) >= 11 is 0. The molecule has 2 rings (SSSR count). The first-order valence-corrected chi connectivity index (χ1v) is 8.03. The van der Waals surface area contributed by atoms with Crippen LogP contribution in [0.4, 0.5) is 0 Å². The zero-order valence-corrected chi connectivity index (χ0v) is 15.3. The quantitative estimate of drug-likeness (QED) is 0.808. The van der Waals surface area contributed by atoms with Gasteiger partial charge in [0.2, 0.25) is 11.7 Å². The van der Waals surface area contributed by atoms with Crippen LogP contribution in [0.2, 0.25) is 0 Å². The second-order valence-electron chi connectivity index (χ2n) is 5.76. The van der Waals surface area contributed by atoms with Crippen LogP contribution in [0.25, 0.3) is 0 Å². The van der Waals surface area contributed by atoms with E-state index in [-0.39, 0.29) is 18.4 Å². The molecule has 0 saturated heterocycles. The van der Waals surface area contributed by atoms with Gasteiger partial charge in [0, 0.05) is 12.2 Å². The molecule has 0 radical (unpaired) electrons. The molecule has 25 heavy (non-hydrogen) atoms. The third kappa shape index (κ3) is 4.41. The largest absolute Gasteiger partial charge is 0.493 e. The molecule has 1 heterocycles. The zero-order valence-electron chi connectivity index (χ0n) is 15.3. The molecule has 0 fully saturated rings. The predicted octanol–water partition coefficient (Wildman–Crippen LogP) is 2.71. The van der Waals surface area contributed by atoms with E-state index >= 15 is 0 Å². The Balaban J connectivity index is 2.39. The summed E-state index contributed by atoms with van der Waals surface area (Å²) in [5.74, 6) is 1.46. The SMILES string of the molecule is COc1cc(CC(=O)n2ccccc2=NC(C)C)cc(OC)c1OC. The lowest BCUT2D eigenvalue weighted by Crippen LogP contribution is -2.28. The molecule has 0 aliphatic rings. The van der Waals surface area contributed by atoms with Gasteiger partial charge in [-0.15, -0.1) is 0 Å². The predicted molar refractivity (Wildman–Crippen MR) is 95.6 cm³/mol. The van der Waals surface area contributed by atoms with Crippen molar-refractivity contribution >= 4 is 5.91 Å². The van der Waals surface area contributed by atoms with Crippen LogP contribution in [0.3, 0.4) is 0 Å². The molecule has 0 bridgehead atoms. The number of carbonyl (C=O) groups excluding carboxylic acids is 1. The Kier molecular flexibility index (Phi) is 6.22. The normalized spacial score (nSPS) is 11.5. The molecule has 0 saturated carbocycles. The minimum absolute atomic E-state index is 0.0886. The average Bonchev–Trinajstić information content (AvgIpc) is 2.60. The van der Waals surface area contributed by atoms with Gasteiger partial charge in [-0.1, -0.05) is 6.07 Å². The van der Waals surface area contributed by atoms with Crippen molar-refractivity contribution in [3.05, 3.63) is 47.6 Å². The molecule has 6 heteroatoms. The van der Waals surface area contributed by atoms with Gasteiger partial charge in [0.05, 0.1) is 27.8 Å². The van der Waals surface area contributed by atoms with Gasteiger partial charge in [0.15, 0.2) is 11.5 Å². The topological polar surface area (TPSA) is 62.1 Å². The first kappa shape index (κ1) is 18.6. The summed E-state index contributed by atoms with van der Waals surface area (Å²) in [7, 11) is 4.65. The summed E-state index contributed by atoms with van der Waals surface area (Å²) < 4.78 is 17.6. The van der Waals surface area contributed by atoms with Gasteiger partial charge < -0.3 is 14.2 Å². The van der Waals surface area contributed by atoms with Gasteiger partial charge in [-0.2, -0.15) is 0 Å². The van der Waals surface area contributed by atoms with Crippen LogP contribution in [-0.2, 0) is 6.42 Å². The molecule has 0 aliphatic carbocycles. The molecule has 0 N–H and O–H groups in total. The van der Waals surface area contributed by atoms with Gasteiger partial charge in [0.1, 0.15) is 5.49 Å². The molecular formula is C19H24N2O4. The number of aromatic nitrogens is 1. The lowest BCUT2D eigenvalue weighted by Gasteiger charge is -2.14. The van der Waals surface area contributed by atoms with E-state index in [4.69, 9.17) is 14.2 Å². The molecule has 1 aromatic carbocycles. The Morgan fingerprint density at radius 1 is 1.08 bits per heavy atom. The van der Waals surface area contributed by atoms with E-state index in [1.165, 1.54) is 0 Å². The maximum absolute atomic E-state index is 12.8. The monoisotopic (exact) mass is 344 g/mol. The summed E-state index contributed by atoms with van der Waals surface area (Å²) in [6.45, 7) is 3.95. The molecule has 0 spiro atoms. The third-order valence-corrected chi connectivity index (χ3v) is 3.58. The van der Waals surface area contributed by atoms with Crippen LogP contribution in [0.15, 0.2) is 41.5 Å². The standard InChI is InChI=1S/C19H24N2O4/c1-13(2)20-17-8-6-7-9-21(17)18(22)12-14-10-15(23-3)19(25-5)16(11-14)24-4/h6-11,13H,12H2,1-5H3. The maximum atomic E-state index is 12.8. The lowest BCUT2D eigenvalue weighted by molar-refractivity contribution is 0.0908. The minimum Gasteiger partial charge on any atom is -0.493 e. The van der Waals surface area contributed by atoms with E-state index in [0.29, 0.717) is 22.7 Å². The summed E-state index contributed by atoms with van der Waals surface area (Å²) in [6, 6.07) is 9.16. The van der Waals surface area contributed by atoms with Crippen LogP contribution >= 0.6 is 0 Å². The highest BCUT2D eigenvalue weighted by Crippen LogP contribution is 2.38. The molecule has 1 aromatic heterocycles. The van der Waals surface area contributed by atoms with Gasteiger partial charge >= 0.3 is 0 Å². The fourth-order valence-corrected chi connectivity index (χ4v) is 2.51. The number of hydrogen-bond acceptors (Lipinski definition) is 5. The average molecular weight is 344 g/mol. The molecule has 2 aromatic rings. The van der Waals surface area contributed by atoms with E-state index < -0.39 is 0 Å². The Morgan fingerprint density at radius 3 is 2.24 bits per heavy atom. The molecule has 0 amide bonds. The van der Waals surface area contributed by atoms with Crippen molar-refractivity contribution in [3.8, 4) is 17.2 Å². The lowest BCUT2D eigenvalue weighted by atomic mass is 10.1. The second-order valence-corrected chi connectivity index (χ2v) is 5.76. The van der Waals surface area contributed by atoms with Crippen LogP contribution in [0.5, 0.6) is 17.2 Å². The van der Waals surface area contributed by atoms with Crippen molar-refractivity contribution in [2.45, 2.75) is 26.3 Å². The molecule has 0 atom stereocenters. The van der Waals surface area contributed by atoms with Crippen molar-refractivity contribution in [2.75, 3.05) is 21.3 Å². The first-order chi connectivity index (χ1) is 12.0. The van der Waals surface area contributed by atoms with Crippen LogP contribution in [0, 0.1) is 0 Å². The van der Waals surface area contributed by atoms with Gasteiger partial charge in [-0.05, 0) is 43.7 Å². The number of carbonyl (C=O) groups is 1. The number of hydrogen-bond donors (Lipinski definition) is 0. The van der Waals surface area contributed by atoms with Gasteiger partial charge in [-0.3, -0.25) is 14.4 Å². The fraction of sp³-hybridized carbons (Fsp3) is 0.368. The summed E-state index contributed by atoms with van der Waals surface area (Å²) in [4.78, 5) is 17.2. The smallest absolute Gasteiger partial charge is 0.236 e. The minimum atomic E-state index is -0.0886. The van der Waals surface area contributed by atoms with Crippen LogP contribution in [0.1, 0.15) is 24.2 Å². The summed E-state index contributed by atoms with van der Waals surface area (Å²) in [6.07, 6.45) is 1.91. The Labute approximate surface area is 147 Å². The van der Waals surface area contributed by atoms with E-state index in [1.807, 2.05) is 32.0 Å². The van der Waals surface area contributed by atoms with Crippen molar-refractivity contribution < 1.29 is 19.0 Å². The maximum Gasteiger partial charge on any atom is 0.236 e. The number of methoxy groups -OCH3 is 3. The summed E-state index contributed by atoms with van der Waals surface area (Å²) in [5.41, 5.74) is 1.40. The molecular weight excluding hydrogens is 320 g/mol. The fourth-order valence-electron chi connectivity index (χ4n) is 2.51. The van der Waals surface area contributed by atoms with Crippen LogP contribution < -0.4 is 19.7 Å². The number of nitrogens with zero attached hydrogens (tertiary/aromatic N) is 2. The number of pyridine rings is 1. The van der Waals surface area contributed by atoms with Gasteiger partial charge in [0.25, 0.3) is 0 Å². The summed E-state index contributed by atoms with van der Waals surface area (Å²) in [5, 5.41) is 0. The number of rotatable bonds is 6. The number of benzene rings is 1. The van der Waals surface area contributed by atoms with Crippen molar-refractivity contribution in [3.63, 3.8) is 0 Å². The van der Waals surface area contributed by atoms with E-state index in [1.54, 1.807) is 44.2 Å². The third-order valence-electron chi connectivity index (χ3n) is 3.58. The highest BCUT2D eigenvalue weighted by Gasteiger charge is 2.15. The van der Waals surface area contributed by atoms with Crippen molar-refractivity contribution in [2.24, 2.45) is 4.99 Å². The van der Waals surface area contributed by atoms with Gasteiger partial charge in [-0.25, -0.2) is 0 Å². The molecule has 6 nitrogen and oxygen atoms in total. The number of ether oxygens (including phenoxy) is 3. The molecule has 0 aliphatic heterocycles. The van der Waals surface area contributed by atoms with E-state index in [2.05, 4.69) is 4.99 Å². The zero-order chi connectivity index (χ0) is 18.4. The Morgan fingerprint density at radius 2 is 1.72 bits per heavy atom. The Bertz CT molecular complexity index is 784. The molecule has 134 valence electrons. The Hall–Kier alpha value is -2.76. The second kappa shape index (κ2) is 8.37. The van der Waals surface area contributed by atoms with Crippen molar-refractivity contribution in [1.29, 1.82) is 0 Å². The highest BCUT2D eigenvalue weighted by atomic mass is 16.5. The van der Waals surface area contributed by atoms with E-state index in [9.17, 15) is 4.79 Å². The molecule has 0 unspecified atom stereocenters.